The van der Waals surface area contributed by atoms with Crippen LogP contribution in [0.4, 0.5) is 0 Å². The van der Waals surface area contributed by atoms with E-state index >= 15 is 0 Å². The Kier molecular flexibility index (Phi) is 5.31. The number of nitrogens with zero attached hydrogens (tertiary/aromatic N) is 2. The molecule has 1 amide bonds. The Morgan fingerprint density at radius 3 is 2.90 bits per heavy atom. The smallest absolute Gasteiger partial charge is 0.246 e. The quantitative estimate of drug-likeness (QED) is 0.789. The van der Waals surface area contributed by atoms with Crippen LogP contribution in [0.1, 0.15) is 51.4 Å². The Balaban J connectivity index is 1.79. The Bertz CT molecular complexity index is 503. The van der Waals surface area contributed by atoms with Crippen molar-refractivity contribution in [3.05, 3.63) is 10.6 Å². The Hall–Kier alpha value is -1.21. The van der Waals surface area contributed by atoms with Gasteiger partial charge in [0.2, 0.25) is 5.91 Å². The van der Waals surface area contributed by atoms with Crippen molar-refractivity contribution in [2.24, 2.45) is 0 Å². The molecule has 1 aliphatic carbocycles. The summed E-state index contributed by atoms with van der Waals surface area (Å²) in [6.07, 6.45) is 4.80. The molecule has 0 aromatic carbocycles. The lowest BCUT2D eigenvalue weighted by molar-refractivity contribution is -0.127. The largest absolute Gasteiger partial charge is 0.368 e. The van der Waals surface area contributed by atoms with Crippen LogP contribution in [0.2, 0.25) is 0 Å². The molecule has 6 nitrogen and oxygen atoms in total. The molecule has 1 aliphatic rings. The Morgan fingerprint density at radius 1 is 1.55 bits per heavy atom. The first-order valence-corrected chi connectivity index (χ1v) is 7.53. The van der Waals surface area contributed by atoms with Gasteiger partial charge in [-0.2, -0.15) is 5.10 Å². The fourth-order valence-electron chi connectivity index (χ4n) is 2.47. The minimum atomic E-state index is -0.110. The number of amides is 1. The first-order chi connectivity index (χ1) is 9.58. The van der Waals surface area contributed by atoms with Crippen molar-refractivity contribution in [2.75, 3.05) is 6.61 Å². The van der Waals surface area contributed by atoms with Gasteiger partial charge in [-0.1, -0.05) is 12.8 Å². The van der Waals surface area contributed by atoms with E-state index in [2.05, 4.69) is 15.5 Å². The summed E-state index contributed by atoms with van der Waals surface area (Å²) >= 11 is 5.16. The summed E-state index contributed by atoms with van der Waals surface area (Å²) in [5, 5.41) is 9.71. The number of aromatic amines is 1. The standard InChI is InChI=1S/C13H22N4O2S/c1-9(2)17-11(15-16-13(17)20)7-14-12(18)8-19-10-5-3-4-6-10/h9-10H,3-8H2,1-2H3,(H,14,18)(H,16,20). The number of carbonyl (C=O) groups excluding carboxylic acids is 1. The molecule has 0 atom stereocenters. The van der Waals surface area contributed by atoms with Crippen LogP contribution in [0.3, 0.4) is 0 Å². The summed E-state index contributed by atoms with van der Waals surface area (Å²) in [6, 6.07) is 0.211. The van der Waals surface area contributed by atoms with E-state index in [1.165, 1.54) is 12.8 Å². The van der Waals surface area contributed by atoms with E-state index in [1.807, 2.05) is 18.4 Å². The van der Waals surface area contributed by atoms with Gasteiger partial charge in [0.15, 0.2) is 10.6 Å². The highest BCUT2D eigenvalue weighted by Gasteiger charge is 2.17. The molecule has 2 rings (SSSR count). The average molecular weight is 298 g/mol. The zero-order valence-electron chi connectivity index (χ0n) is 12.0. The molecule has 20 heavy (non-hydrogen) atoms. The van der Waals surface area contributed by atoms with E-state index in [4.69, 9.17) is 17.0 Å². The minimum absolute atomic E-state index is 0.110. The molecule has 7 heteroatoms. The maximum absolute atomic E-state index is 11.8. The van der Waals surface area contributed by atoms with Crippen LogP contribution in [0.15, 0.2) is 0 Å². The minimum Gasteiger partial charge on any atom is -0.368 e. The SMILES string of the molecule is CC(C)n1c(CNC(=O)COC2CCCC2)n[nH]c1=S. The molecule has 0 aliphatic heterocycles. The number of ether oxygens (including phenoxy) is 1. The molecule has 1 fully saturated rings. The van der Waals surface area contributed by atoms with E-state index in [0.29, 0.717) is 11.3 Å². The van der Waals surface area contributed by atoms with Gasteiger partial charge in [0.25, 0.3) is 0 Å². The lowest BCUT2D eigenvalue weighted by Gasteiger charge is -2.12. The second kappa shape index (κ2) is 6.99. The van der Waals surface area contributed by atoms with Gasteiger partial charge < -0.3 is 14.6 Å². The Morgan fingerprint density at radius 2 is 2.25 bits per heavy atom. The number of hydrogen-bond acceptors (Lipinski definition) is 4. The third-order valence-corrected chi connectivity index (χ3v) is 3.78. The predicted octanol–water partition coefficient (Wildman–Crippen LogP) is 2.10. The van der Waals surface area contributed by atoms with Gasteiger partial charge in [-0.05, 0) is 38.9 Å². The van der Waals surface area contributed by atoms with Gasteiger partial charge in [0, 0.05) is 6.04 Å². The molecule has 0 bridgehead atoms. The fourth-order valence-corrected chi connectivity index (χ4v) is 2.83. The lowest BCUT2D eigenvalue weighted by atomic mass is 10.3. The van der Waals surface area contributed by atoms with E-state index in [9.17, 15) is 4.79 Å². The van der Waals surface area contributed by atoms with Crippen molar-refractivity contribution in [2.45, 2.75) is 58.2 Å². The number of aromatic nitrogens is 3. The highest BCUT2D eigenvalue weighted by Crippen LogP contribution is 2.20. The summed E-state index contributed by atoms with van der Waals surface area (Å²) in [5.74, 6) is 0.625. The number of H-pyrrole nitrogens is 1. The molecule has 1 aromatic rings. The number of carbonyl (C=O) groups is 1. The van der Waals surface area contributed by atoms with Crippen molar-refractivity contribution < 1.29 is 9.53 Å². The van der Waals surface area contributed by atoms with Gasteiger partial charge in [-0.3, -0.25) is 9.89 Å². The van der Waals surface area contributed by atoms with Crippen molar-refractivity contribution in [1.82, 2.24) is 20.1 Å². The van der Waals surface area contributed by atoms with Gasteiger partial charge >= 0.3 is 0 Å². The monoisotopic (exact) mass is 298 g/mol. The van der Waals surface area contributed by atoms with Crippen molar-refractivity contribution in [3.63, 3.8) is 0 Å². The average Bonchev–Trinajstić information content (AvgIpc) is 3.03. The van der Waals surface area contributed by atoms with Gasteiger partial charge in [-0.25, -0.2) is 0 Å². The van der Waals surface area contributed by atoms with E-state index in [-0.39, 0.29) is 24.7 Å². The molecule has 2 N–H and O–H groups in total. The summed E-state index contributed by atoms with van der Waals surface area (Å²) in [6.45, 7) is 4.54. The number of rotatable bonds is 6. The third-order valence-electron chi connectivity index (χ3n) is 3.49. The van der Waals surface area contributed by atoms with E-state index < -0.39 is 0 Å². The highest BCUT2D eigenvalue weighted by molar-refractivity contribution is 7.71. The molecule has 0 spiro atoms. The van der Waals surface area contributed by atoms with Crippen LogP contribution in [0.5, 0.6) is 0 Å². The summed E-state index contributed by atoms with van der Waals surface area (Å²) in [4.78, 5) is 11.8. The maximum atomic E-state index is 11.8. The fraction of sp³-hybridized carbons (Fsp3) is 0.769. The van der Waals surface area contributed by atoms with Crippen molar-refractivity contribution >= 4 is 18.1 Å². The zero-order valence-corrected chi connectivity index (χ0v) is 12.8. The summed E-state index contributed by atoms with van der Waals surface area (Å²) < 4.78 is 8.04. The molecule has 1 aromatic heterocycles. The summed E-state index contributed by atoms with van der Waals surface area (Å²) in [7, 11) is 0. The van der Waals surface area contributed by atoms with Crippen LogP contribution < -0.4 is 5.32 Å². The third kappa shape index (κ3) is 3.89. The molecule has 112 valence electrons. The van der Waals surface area contributed by atoms with Crippen LogP contribution in [-0.2, 0) is 16.1 Å². The van der Waals surface area contributed by atoms with Crippen LogP contribution in [0.25, 0.3) is 0 Å². The first-order valence-electron chi connectivity index (χ1n) is 7.12. The van der Waals surface area contributed by atoms with Crippen LogP contribution in [0, 0.1) is 4.77 Å². The van der Waals surface area contributed by atoms with Crippen LogP contribution in [-0.4, -0.2) is 33.4 Å². The second-order valence-electron chi connectivity index (χ2n) is 5.40. The molecule has 1 heterocycles. The molecule has 0 radical (unpaired) electrons. The van der Waals surface area contributed by atoms with Crippen molar-refractivity contribution in [3.8, 4) is 0 Å². The zero-order chi connectivity index (χ0) is 14.5. The first kappa shape index (κ1) is 15.2. The van der Waals surface area contributed by atoms with Gasteiger partial charge in [0.05, 0.1) is 12.6 Å². The Labute approximate surface area is 123 Å². The second-order valence-corrected chi connectivity index (χ2v) is 5.79. The summed E-state index contributed by atoms with van der Waals surface area (Å²) in [5.41, 5.74) is 0. The number of nitrogens with one attached hydrogen (secondary N) is 2. The predicted molar refractivity (Wildman–Crippen MR) is 77.9 cm³/mol. The number of hydrogen-bond donors (Lipinski definition) is 2. The van der Waals surface area contributed by atoms with Crippen molar-refractivity contribution in [1.29, 1.82) is 0 Å². The van der Waals surface area contributed by atoms with Crippen LogP contribution >= 0.6 is 12.2 Å². The lowest BCUT2D eigenvalue weighted by Crippen LogP contribution is -2.30. The normalized spacial score (nSPS) is 15.9. The molecule has 1 saturated carbocycles. The van der Waals surface area contributed by atoms with E-state index in [1.54, 1.807) is 0 Å². The molecule has 0 saturated heterocycles. The molecular weight excluding hydrogens is 276 g/mol. The van der Waals surface area contributed by atoms with Gasteiger partial charge in [0.1, 0.15) is 6.61 Å². The highest BCUT2D eigenvalue weighted by atomic mass is 32.1. The van der Waals surface area contributed by atoms with E-state index in [0.717, 1.165) is 18.7 Å². The van der Waals surface area contributed by atoms with Gasteiger partial charge in [-0.15, -0.1) is 0 Å². The maximum Gasteiger partial charge on any atom is 0.246 e. The molecular formula is C13H22N4O2S. The topological polar surface area (TPSA) is 71.9 Å². The molecule has 0 unspecified atom stereocenters.